The summed E-state index contributed by atoms with van der Waals surface area (Å²) >= 11 is 0. The Kier molecular flexibility index (Phi) is 6.47. The Balaban J connectivity index is 1.63. The minimum absolute atomic E-state index is 0.116. The third kappa shape index (κ3) is 4.35. The molecule has 4 N–H and O–H groups in total. The van der Waals surface area contributed by atoms with Gasteiger partial charge in [0, 0.05) is 54.0 Å². The molecule has 3 amide bonds. The lowest BCUT2D eigenvalue weighted by atomic mass is 10.0. The molecule has 1 saturated heterocycles. The second-order valence-corrected chi connectivity index (χ2v) is 7.88. The van der Waals surface area contributed by atoms with E-state index in [9.17, 15) is 19.6 Å². The summed E-state index contributed by atoms with van der Waals surface area (Å²) < 4.78 is 11.7. The summed E-state index contributed by atoms with van der Waals surface area (Å²) in [6.07, 6.45) is 0.461. The van der Waals surface area contributed by atoms with Gasteiger partial charge in [0.1, 0.15) is 24.1 Å². The van der Waals surface area contributed by atoms with Gasteiger partial charge in [-0.2, -0.15) is 0 Å². The number of methoxy groups -OCH3 is 1. The number of carbonyl (C=O) groups is 3. The topological polar surface area (TPSA) is 129 Å². The summed E-state index contributed by atoms with van der Waals surface area (Å²) in [6, 6.07) is 8.32. The molecule has 2 heterocycles. The van der Waals surface area contributed by atoms with Crippen LogP contribution in [0.5, 0.6) is 11.5 Å². The maximum Gasteiger partial charge on any atom is 0.255 e. The molecule has 0 saturated carbocycles. The van der Waals surface area contributed by atoms with Crippen molar-refractivity contribution in [3.05, 3.63) is 52.6 Å². The molecule has 2 aromatic carbocycles. The van der Waals surface area contributed by atoms with Crippen LogP contribution in [-0.2, 0) is 29.3 Å². The number of hydrogen-bond acceptors (Lipinski definition) is 8. The number of amides is 3. The van der Waals surface area contributed by atoms with Crippen molar-refractivity contribution >= 4 is 23.4 Å². The Morgan fingerprint density at radius 3 is 2.67 bits per heavy atom. The number of hydrogen-bond donors (Lipinski definition) is 4. The van der Waals surface area contributed by atoms with Gasteiger partial charge in [0.2, 0.25) is 11.8 Å². The standard InChI is InChI=1S/C23H26N4O6/c1-24-15-5-3-14(19(9-15)32-2)12-33-21-13(10-25-31)4-6-16-17(21)11-27(23(16)30)18-7-8-20(28)26-22(18)29/h3-6,9,18,24-25,31H,7-8,10-12H2,1-2H3,(H,26,28,29). The molecule has 4 rings (SSSR count). The van der Waals surface area contributed by atoms with Crippen LogP contribution in [0.3, 0.4) is 0 Å². The van der Waals surface area contributed by atoms with Gasteiger partial charge in [-0.15, -0.1) is 0 Å². The molecule has 33 heavy (non-hydrogen) atoms. The van der Waals surface area contributed by atoms with Gasteiger partial charge in [0.05, 0.1) is 13.7 Å². The number of piperidine rings is 1. The van der Waals surface area contributed by atoms with Gasteiger partial charge in [0.25, 0.3) is 5.91 Å². The molecule has 10 nitrogen and oxygen atoms in total. The number of nitrogens with zero attached hydrogens (tertiary/aromatic N) is 1. The zero-order chi connectivity index (χ0) is 23.5. The summed E-state index contributed by atoms with van der Waals surface area (Å²) in [5.74, 6) is 0.0266. The van der Waals surface area contributed by atoms with E-state index in [4.69, 9.17) is 9.47 Å². The highest BCUT2D eigenvalue weighted by Gasteiger charge is 2.40. The van der Waals surface area contributed by atoms with E-state index in [1.807, 2.05) is 25.2 Å². The fraction of sp³-hybridized carbons (Fsp3) is 0.348. The highest BCUT2D eigenvalue weighted by molar-refractivity contribution is 6.05. The molecule has 2 aromatic rings. The van der Waals surface area contributed by atoms with Crippen LogP contribution in [-0.4, -0.2) is 48.0 Å². The predicted molar refractivity (Wildman–Crippen MR) is 118 cm³/mol. The Morgan fingerprint density at radius 2 is 1.97 bits per heavy atom. The number of fused-ring (bicyclic) bond motifs is 1. The monoisotopic (exact) mass is 454 g/mol. The van der Waals surface area contributed by atoms with Gasteiger partial charge in [0.15, 0.2) is 0 Å². The highest BCUT2D eigenvalue weighted by Crippen LogP contribution is 2.37. The summed E-state index contributed by atoms with van der Waals surface area (Å²) in [5.41, 5.74) is 5.59. The van der Waals surface area contributed by atoms with E-state index in [-0.39, 0.29) is 44.4 Å². The van der Waals surface area contributed by atoms with Crippen molar-refractivity contribution in [3.8, 4) is 11.5 Å². The van der Waals surface area contributed by atoms with Crippen LogP contribution in [0.15, 0.2) is 30.3 Å². The lowest BCUT2D eigenvalue weighted by Gasteiger charge is -2.29. The maximum absolute atomic E-state index is 13.1. The molecular weight excluding hydrogens is 428 g/mol. The maximum atomic E-state index is 13.1. The Morgan fingerprint density at radius 1 is 1.18 bits per heavy atom. The number of rotatable bonds is 8. The van der Waals surface area contributed by atoms with Crippen molar-refractivity contribution in [2.24, 2.45) is 0 Å². The number of carbonyl (C=O) groups excluding carboxylic acids is 3. The van der Waals surface area contributed by atoms with Crippen molar-refractivity contribution in [2.75, 3.05) is 19.5 Å². The van der Waals surface area contributed by atoms with Crippen LogP contribution < -0.4 is 25.6 Å². The van der Waals surface area contributed by atoms with E-state index in [0.717, 1.165) is 11.3 Å². The quantitative estimate of drug-likeness (QED) is 0.349. The van der Waals surface area contributed by atoms with Gasteiger partial charge in [-0.3, -0.25) is 19.7 Å². The fourth-order valence-electron chi connectivity index (χ4n) is 4.24. The minimum atomic E-state index is -0.718. The van der Waals surface area contributed by atoms with Crippen LogP contribution in [0, 0.1) is 0 Å². The van der Waals surface area contributed by atoms with Crippen molar-refractivity contribution in [2.45, 2.75) is 38.6 Å². The molecule has 0 aliphatic carbocycles. The molecule has 10 heteroatoms. The largest absolute Gasteiger partial charge is 0.496 e. The van der Waals surface area contributed by atoms with Crippen molar-refractivity contribution in [1.82, 2.24) is 15.7 Å². The first kappa shape index (κ1) is 22.6. The number of imide groups is 1. The van der Waals surface area contributed by atoms with Gasteiger partial charge < -0.3 is 24.9 Å². The number of hydroxylamine groups is 1. The molecule has 2 aliphatic rings. The van der Waals surface area contributed by atoms with E-state index in [0.29, 0.717) is 28.2 Å². The Bertz CT molecular complexity index is 1100. The molecule has 1 unspecified atom stereocenters. The number of anilines is 1. The highest BCUT2D eigenvalue weighted by atomic mass is 16.5. The van der Waals surface area contributed by atoms with E-state index in [1.165, 1.54) is 4.90 Å². The predicted octanol–water partition coefficient (Wildman–Crippen LogP) is 1.56. The van der Waals surface area contributed by atoms with E-state index < -0.39 is 11.9 Å². The van der Waals surface area contributed by atoms with E-state index in [1.54, 1.807) is 19.2 Å². The van der Waals surface area contributed by atoms with E-state index in [2.05, 4.69) is 16.1 Å². The number of benzene rings is 2. The van der Waals surface area contributed by atoms with Crippen molar-refractivity contribution < 1.29 is 29.1 Å². The van der Waals surface area contributed by atoms with E-state index >= 15 is 0 Å². The van der Waals surface area contributed by atoms with Gasteiger partial charge in [-0.25, -0.2) is 5.48 Å². The number of ether oxygens (including phenoxy) is 2. The smallest absolute Gasteiger partial charge is 0.255 e. The molecule has 1 fully saturated rings. The normalized spacial score (nSPS) is 17.6. The summed E-state index contributed by atoms with van der Waals surface area (Å²) in [5, 5.41) is 14.7. The Labute approximate surface area is 190 Å². The first-order chi connectivity index (χ1) is 16.0. The van der Waals surface area contributed by atoms with Gasteiger partial charge >= 0.3 is 0 Å². The van der Waals surface area contributed by atoms with Crippen molar-refractivity contribution in [3.63, 3.8) is 0 Å². The molecular formula is C23H26N4O6. The average molecular weight is 454 g/mol. The van der Waals surface area contributed by atoms with Crippen LogP contribution in [0.1, 0.15) is 39.9 Å². The van der Waals surface area contributed by atoms with Crippen LogP contribution in [0.2, 0.25) is 0 Å². The van der Waals surface area contributed by atoms with Crippen LogP contribution in [0.25, 0.3) is 0 Å². The fourth-order valence-corrected chi connectivity index (χ4v) is 4.24. The SMILES string of the molecule is CNc1ccc(COc2c(CNO)ccc3c2CN(C2CCC(=O)NC2=O)C3=O)c(OC)c1. The number of nitrogens with one attached hydrogen (secondary N) is 3. The Hall–Kier alpha value is -3.63. The summed E-state index contributed by atoms with van der Waals surface area (Å²) in [7, 11) is 3.40. The summed E-state index contributed by atoms with van der Waals surface area (Å²) in [4.78, 5) is 38.4. The lowest BCUT2D eigenvalue weighted by molar-refractivity contribution is -0.136. The molecule has 0 spiro atoms. The second-order valence-electron chi connectivity index (χ2n) is 7.88. The molecule has 1 atom stereocenters. The van der Waals surface area contributed by atoms with Gasteiger partial charge in [-0.05, 0) is 24.6 Å². The first-order valence-electron chi connectivity index (χ1n) is 10.6. The zero-order valence-electron chi connectivity index (χ0n) is 18.4. The lowest BCUT2D eigenvalue weighted by Crippen LogP contribution is -2.52. The van der Waals surface area contributed by atoms with Crippen molar-refractivity contribution in [1.29, 1.82) is 0 Å². The molecule has 0 aromatic heterocycles. The molecule has 2 aliphatic heterocycles. The second kappa shape index (κ2) is 9.47. The minimum Gasteiger partial charge on any atom is -0.496 e. The summed E-state index contributed by atoms with van der Waals surface area (Å²) in [6.45, 7) is 0.463. The molecule has 0 bridgehead atoms. The van der Waals surface area contributed by atoms with Crippen LogP contribution >= 0.6 is 0 Å². The third-order valence-electron chi connectivity index (χ3n) is 5.97. The zero-order valence-corrected chi connectivity index (χ0v) is 18.4. The first-order valence-corrected chi connectivity index (χ1v) is 10.6. The van der Waals surface area contributed by atoms with Crippen LogP contribution in [0.4, 0.5) is 5.69 Å². The van der Waals surface area contributed by atoms with Gasteiger partial charge in [-0.1, -0.05) is 6.07 Å². The molecule has 174 valence electrons. The molecule has 0 radical (unpaired) electrons. The average Bonchev–Trinajstić information content (AvgIpc) is 3.14. The third-order valence-corrected chi connectivity index (χ3v) is 5.97.